The molecule has 0 bridgehead atoms. The van der Waals surface area contributed by atoms with Crippen LogP contribution < -0.4 is 15.2 Å². The summed E-state index contributed by atoms with van der Waals surface area (Å²) in [6.45, 7) is 7.06. The van der Waals surface area contributed by atoms with Crippen LogP contribution in [-0.2, 0) is 17.9 Å². The number of hydrogen-bond donors (Lipinski definition) is 2. The number of halogens is 2. The quantitative estimate of drug-likeness (QED) is 0.752. The predicted octanol–water partition coefficient (Wildman–Crippen LogP) is 2.90. The molecule has 2 atom stereocenters. The molecule has 0 radical (unpaired) electrons. The molecule has 0 saturated heterocycles. The van der Waals surface area contributed by atoms with E-state index < -0.39 is 24.4 Å². The van der Waals surface area contributed by atoms with Crippen molar-refractivity contribution in [2.75, 3.05) is 6.61 Å². The van der Waals surface area contributed by atoms with Crippen molar-refractivity contribution in [2.24, 2.45) is 5.73 Å². The molecule has 0 heterocycles. The third kappa shape index (κ3) is 5.72. The van der Waals surface area contributed by atoms with Crippen molar-refractivity contribution in [2.45, 2.75) is 51.5 Å². The number of rotatable bonds is 7. The first-order chi connectivity index (χ1) is 10.1. The lowest BCUT2D eigenvalue weighted by Gasteiger charge is -2.26. The SMILES string of the molecule is CC(N[S@+]([O-])C(C)(C)C)c1ccc(OCC(F)F)c(CN)c1. The first-order valence-corrected chi connectivity index (χ1v) is 8.22. The topological polar surface area (TPSA) is 70.3 Å². The Balaban J connectivity index is 2.83. The first kappa shape index (κ1) is 19.2. The molecule has 126 valence electrons. The molecule has 0 saturated carbocycles. The van der Waals surface area contributed by atoms with Crippen LogP contribution in [0.15, 0.2) is 18.2 Å². The summed E-state index contributed by atoms with van der Waals surface area (Å²) in [5.74, 6) is 0.357. The van der Waals surface area contributed by atoms with Crippen molar-refractivity contribution in [1.82, 2.24) is 4.72 Å². The van der Waals surface area contributed by atoms with Gasteiger partial charge in [0.25, 0.3) is 6.43 Å². The summed E-state index contributed by atoms with van der Waals surface area (Å²) in [7, 11) is 0. The molecule has 1 aromatic rings. The lowest BCUT2D eigenvalue weighted by atomic mass is 10.0. The Morgan fingerprint density at radius 3 is 2.50 bits per heavy atom. The minimum Gasteiger partial charge on any atom is -0.598 e. The smallest absolute Gasteiger partial charge is 0.272 e. The number of alkyl halides is 2. The van der Waals surface area contributed by atoms with Crippen LogP contribution in [-0.4, -0.2) is 22.3 Å². The van der Waals surface area contributed by atoms with E-state index in [1.165, 1.54) is 0 Å². The van der Waals surface area contributed by atoms with Gasteiger partial charge in [-0.25, -0.2) is 8.78 Å². The molecule has 0 aliphatic rings. The number of nitrogens with one attached hydrogen (secondary N) is 1. The van der Waals surface area contributed by atoms with Crippen LogP contribution in [0.5, 0.6) is 5.75 Å². The minimum atomic E-state index is -2.53. The lowest BCUT2D eigenvalue weighted by Crippen LogP contribution is -2.40. The summed E-state index contributed by atoms with van der Waals surface area (Å²) >= 11 is -1.20. The molecular formula is C15H24F2N2O2S. The van der Waals surface area contributed by atoms with E-state index in [4.69, 9.17) is 10.5 Å². The zero-order valence-corrected chi connectivity index (χ0v) is 14.2. The number of benzene rings is 1. The van der Waals surface area contributed by atoms with E-state index in [1.54, 1.807) is 18.2 Å². The minimum absolute atomic E-state index is 0.158. The third-order valence-corrected chi connectivity index (χ3v) is 4.69. The van der Waals surface area contributed by atoms with Gasteiger partial charge >= 0.3 is 0 Å². The van der Waals surface area contributed by atoms with Gasteiger partial charge in [-0.15, -0.1) is 4.72 Å². The maximum Gasteiger partial charge on any atom is 0.272 e. The molecule has 0 aliphatic heterocycles. The van der Waals surface area contributed by atoms with Crippen molar-refractivity contribution >= 4 is 11.4 Å². The van der Waals surface area contributed by atoms with Crippen LogP contribution in [0.2, 0.25) is 0 Å². The highest BCUT2D eigenvalue weighted by Gasteiger charge is 2.28. The van der Waals surface area contributed by atoms with Crippen LogP contribution in [0.25, 0.3) is 0 Å². The average Bonchev–Trinajstić information content (AvgIpc) is 2.43. The second-order valence-electron chi connectivity index (χ2n) is 5.99. The van der Waals surface area contributed by atoms with Gasteiger partial charge in [0.05, 0.1) is 6.04 Å². The normalized spacial score (nSPS) is 15.0. The zero-order valence-electron chi connectivity index (χ0n) is 13.4. The van der Waals surface area contributed by atoms with Crippen LogP contribution >= 0.6 is 0 Å². The van der Waals surface area contributed by atoms with Crippen molar-refractivity contribution in [3.05, 3.63) is 29.3 Å². The summed E-state index contributed by atoms with van der Waals surface area (Å²) in [5.41, 5.74) is 7.17. The first-order valence-electron chi connectivity index (χ1n) is 7.07. The molecule has 3 N–H and O–H groups in total. The van der Waals surface area contributed by atoms with E-state index in [-0.39, 0.29) is 17.3 Å². The molecule has 1 unspecified atom stereocenters. The highest BCUT2D eigenvalue weighted by molar-refractivity contribution is 7.90. The summed E-state index contributed by atoms with van der Waals surface area (Å²) in [5, 5.41) is 0. The second-order valence-corrected chi connectivity index (χ2v) is 7.99. The van der Waals surface area contributed by atoms with Crippen molar-refractivity contribution in [1.29, 1.82) is 0 Å². The fourth-order valence-corrected chi connectivity index (χ4v) is 2.54. The summed E-state index contributed by atoms with van der Waals surface area (Å²) in [6.07, 6.45) is -2.53. The van der Waals surface area contributed by atoms with Crippen molar-refractivity contribution in [3.63, 3.8) is 0 Å². The largest absolute Gasteiger partial charge is 0.598 e. The monoisotopic (exact) mass is 334 g/mol. The third-order valence-electron chi connectivity index (χ3n) is 3.01. The fraction of sp³-hybridized carbons (Fsp3) is 0.600. The molecule has 0 fully saturated rings. The Hall–Kier alpha value is -0.890. The van der Waals surface area contributed by atoms with E-state index in [0.29, 0.717) is 11.3 Å². The fourth-order valence-electron chi connectivity index (χ4n) is 1.73. The van der Waals surface area contributed by atoms with Gasteiger partial charge < -0.3 is 15.0 Å². The standard InChI is InChI=1S/C15H24F2N2O2S/c1-10(19-22(20)15(2,3)4)11-5-6-13(12(7-11)8-18)21-9-14(16)17/h5-7,10,14,19H,8-9,18H2,1-4H3/t10?,22-/m1/s1. The molecule has 22 heavy (non-hydrogen) atoms. The van der Waals surface area contributed by atoms with E-state index in [1.807, 2.05) is 27.7 Å². The maximum atomic E-state index is 12.2. The van der Waals surface area contributed by atoms with Gasteiger partial charge in [-0.05, 0) is 45.4 Å². The summed E-state index contributed by atoms with van der Waals surface area (Å²) in [6, 6.07) is 5.02. The molecule has 0 aliphatic carbocycles. The van der Waals surface area contributed by atoms with Gasteiger partial charge in [-0.3, -0.25) is 0 Å². The van der Waals surface area contributed by atoms with E-state index in [0.717, 1.165) is 5.56 Å². The Labute approximate surface area is 133 Å². The molecule has 1 aromatic carbocycles. The van der Waals surface area contributed by atoms with Gasteiger partial charge in [0.2, 0.25) is 0 Å². The summed E-state index contributed by atoms with van der Waals surface area (Å²) in [4.78, 5) is 0. The molecule has 4 nitrogen and oxygen atoms in total. The molecule has 1 rings (SSSR count). The van der Waals surface area contributed by atoms with Gasteiger partial charge in [-0.1, -0.05) is 6.07 Å². The number of nitrogens with two attached hydrogens (primary N) is 1. The zero-order chi connectivity index (χ0) is 16.9. The Bertz CT molecular complexity index is 481. The number of hydrogen-bond acceptors (Lipinski definition) is 4. The van der Waals surface area contributed by atoms with Crippen LogP contribution in [0.4, 0.5) is 8.78 Å². The second kappa shape index (κ2) is 8.10. The Morgan fingerprint density at radius 1 is 1.36 bits per heavy atom. The van der Waals surface area contributed by atoms with E-state index in [2.05, 4.69) is 4.72 Å². The predicted molar refractivity (Wildman–Crippen MR) is 85.3 cm³/mol. The number of ether oxygens (including phenoxy) is 1. The van der Waals surface area contributed by atoms with E-state index in [9.17, 15) is 13.3 Å². The molecule has 7 heteroatoms. The van der Waals surface area contributed by atoms with Gasteiger partial charge in [0.1, 0.15) is 17.1 Å². The van der Waals surface area contributed by atoms with Crippen LogP contribution in [0.1, 0.15) is 44.9 Å². The lowest BCUT2D eigenvalue weighted by molar-refractivity contribution is 0.0814. The van der Waals surface area contributed by atoms with Gasteiger partial charge in [-0.2, -0.15) is 0 Å². The van der Waals surface area contributed by atoms with Crippen LogP contribution in [0.3, 0.4) is 0 Å². The van der Waals surface area contributed by atoms with Crippen LogP contribution in [0, 0.1) is 0 Å². The molecular weight excluding hydrogens is 310 g/mol. The van der Waals surface area contributed by atoms with Gasteiger partial charge in [0, 0.05) is 23.5 Å². The highest BCUT2D eigenvalue weighted by atomic mass is 32.2. The average molecular weight is 334 g/mol. The molecule has 0 spiro atoms. The summed E-state index contributed by atoms with van der Waals surface area (Å²) < 4.78 is 44.3. The van der Waals surface area contributed by atoms with Gasteiger partial charge in [0.15, 0.2) is 0 Å². The molecule has 0 aromatic heterocycles. The van der Waals surface area contributed by atoms with Crippen molar-refractivity contribution < 1.29 is 18.1 Å². The highest BCUT2D eigenvalue weighted by Crippen LogP contribution is 2.25. The van der Waals surface area contributed by atoms with E-state index >= 15 is 0 Å². The maximum absolute atomic E-state index is 12.2. The van der Waals surface area contributed by atoms with Crippen molar-refractivity contribution in [3.8, 4) is 5.75 Å². The molecule has 0 amide bonds. The Kier molecular flexibility index (Phi) is 7.05. The Morgan fingerprint density at radius 2 is 2.00 bits per heavy atom.